The second-order valence-electron chi connectivity index (χ2n) is 7.63. The third-order valence-electron chi connectivity index (χ3n) is 5.53. The summed E-state index contributed by atoms with van der Waals surface area (Å²) in [6.45, 7) is 7.89. The highest BCUT2D eigenvalue weighted by molar-refractivity contribution is 5.98. The summed E-state index contributed by atoms with van der Waals surface area (Å²) in [5, 5.41) is 3.96. The minimum absolute atomic E-state index is 0.171. The van der Waals surface area contributed by atoms with Gasteiger partial charge in [-0.3, -0.25) is 9.69 Å². The van der Waals surface area contributed by atoms with Crippen molar-refractivity contribution in [3.05, 3.63) is 71.0 Å². The predicted molar refractivity (Wildman–Crippen MR) is 111 cm³/mol. The van der Waals surface area contributed by atoms with Crippen LogP contribution in [0.25, 0.3) is 11.0 Å². The lowest BCUT2D eigenvalue weighted by atomic mass is 10.1. The smallest absolute Gasteiger partial charge is 0.287 e. The predicted octanol–water partition coefficient (Wildman–Crippen LogP) is 3.42. The number of amides is 1. The Balaban J connectivity index is 1.34. The van der Waals surface area contributed by atoms with Crippen molar-refractivity contribution in [2.75, 3.05) is 33.2 Å². The van der Waals surface area contributed by atoms with E-state index in [1.165, 1.54) is 5.56 Å². The Morgan fingerprint density at radius 1 is 1.00 bits per heavy atom. The molecule has 5 heteroatoms. The van der Waals surface area contributed by atoms with Crippen LogP contribution in [-0.2, 0) is 13.1 Å². The number of rotatable bonds is 5. The van der Waals surface area contributed by atoms with E-state index in [-0.39, 0.29) is 5.91 Å². The standard InChI is InChI=1S/C23H27N3O2/c1-17-20-5-3-4-6-21(20)28-22(17)23(27)24-15-18-7-9-19(10-8-18)16-26-13-11-25(2)12-14-26/h3-10H,11-16H2,1-2H3,(H,24,27). The number of hydrogen-bond donors (Lipinski definition) is 1. The molecular weight excluding hydrogens is 350 g/mol. The molecule has 1 N–H and O–H groups in total. The van der Waals surface area contributed by atoms with E-state index < -0.39 is 0 Å². The molecule has 146 valence electrons. The number of carbonyl (C=O) groups is 1. The number of furan rings is 1. The number of aryl methyl sites for hydroxylation is 1. The Morgan fingerprint density at radius 3 is 2.39 bits per heavy atom. The van der Waals surface area contributed by atoms with Gasteiger partial charge in [0.1, 0.15) is 5.58 Å². The van der Waals surface area contributed by atoms with Gasteiger partial charge in [-0.15, -0.1) is 0 Å². The molecule has 0 unspecified atom stereocenters. The van der Waals surface area contributed by atoms with Crippen LogP contribution in [0.3, 0.4) is 0 Å². The highest BCUT2D eigenvalue weighted by atomic mass is 16.3. The Morgan fingerprint density at radius 2 is 1.68 bits per heavy atom. The maximum Gasteiger partial charge on any atom is 0.287 e. The van der Waals surface area contributed by atoms with Gasteiger partial charge in [0, 0.05) is 50.2 Å². The van der Waals surface area contributed by atoms with Crippen LogP contribution in [-0.4, -0.2) is 48.9 Å². The van der Waals surface area contributed by atoms with Gasteiger partial charge < -0.3 is 14.6 Å². The summed E-state index contributed by atoms with van der Waals surface area (Å²) in [5.74, 6) is 0.225. The molecule has 0 radical (unpaired) electrons. The molecule has 0 aliphatic carbocycles. The Bertz CT molecular complexity index is 954. The van der Waals surface area contributed by atoms with Crippen LogP contribution < -0.4 is 5.32 Å². The number of carbonyl (C=O) groups excluding carboxylic acids is 1. The van der Waals surface area contributed by atoms with Crippen LogP contribution >= 0.6 is 0 Å². The molecule has 4 rings (SSSR count). The van der Waals surface area contributed by atoms with Crippen molar-refractivity contribution in [1.29, 1.82) is 0 Å². The first-order valence-electron chi connectivity index (χ1n) is 9.85. The van der Waals surface area contributed by atoms with Gasteiger partial charge in [0.15, 0.2) is 5.76 Å². The average molecular weight is 377 g/mol. The molecule has 1 amide bonds. The fourth-order valence-corrected chi connectivity index (χ4v) is 3.68. The zero-order valence-corrected chi connectivity index (χ0v) is 16.6. The molecule has 2 aromatic carbocycles. The third-order valence-corrected chi connectivity index (χ3v) is 5.53. The fraction of sp³-hybridized carbons (Fsp3) is 0.348. The van der Waals surface area contributed by atoms with E-state index in [0.29, 0.717) is 12.3 Å². The molecule has 1 aliphatic heterocycles. The third kappa shape index (κ3) is 4.11. The number of hydrogen-bond acceptors (Lipinski definition) is 4. The number of piperazine rings is 1. The number of nitrogens with zero attached hydrogens (tertiary/aromatic N) is 2. The van der Waals surface area contributed by atoms with Crippen molar-refractivity contribution in [3.8, 4) is 0 Å². The van der Waals surface area contributed by atoms with Gasteiger partial charge in [-0.25, -0.2) is 0 Å². The lowest BCUT2D eigenvalue weighted by Gasteiger charge is -2.32. The minimum atomic E-state index is -0.171. The highest BCUT2D eigenvalue weighted by Crippen LogP contribution is 2.24. The van der Waals surface area contributed by atoms with Gasteiger partial charge in [-0.05, 0) is 31.2 Å². The topological polar surface area (TPSA) is 48.7 Å². The number of likely N-dealkylation sites (N-methyl/N-ethyl adjacent to an activating group) is 1. The monoisotopic (exact) mass is 377 g/mol. The number of benzene rings is 2. The van der Waals surface area contributed by atoms with Crippen molar-refractivity contribution in [3.63, 3.8) is 0 Å². The van der Waals surface area contributed by atoms with Crippen molar-refractivity contribution < 1.29 is 9.21 Å². The van der Waals surface area contributed by atoms with E-state index in [2.05, 4.69) is 46.4 Å². The van der Waals surface area contributed by atoms with Gasteiger partial charge >= 0.3 is 0 Å². The molecule has 1 saturated heterocycles. The maximum atomic E-state index is 12.5. The number of nitrogens with one attached hydrogen (secondary N) is 1. The second-order valence-corrected chi connectivity index (χ2v) is 7.63. The molecule has 2 heterocycles. The van der Waals surface area contributed by atoms with E-state index in [1.807, 2.05) is 31.2 Å². The maximum absolute atomic E-state index is 12.5. The second kappa shape index (κ2) is 8.17. The molecule has 1 aliphatic rings. The normalized spacial score (nSPS) is 15.8. The lowest BCUT2D eigenvalue weighted by molar-refractivity contribution is 0.0924. The summed E-state index contributed by atoms with van der Waals surface area (Å²) >= 11 is 0. The first-order valence-corrected chi connectivity index (χ1v) is 9.85. The summed E-state index contributed by atoms with van der Waals surface area (Å²) in [7, 11) is 2.17. The van der Waals surface area contributed by atoms with Crippen LogP contribution in [0.4, 0.5) is 0 Å². The van der Waals surface area contributed by atoms with Crippen LogP contribution in [0.1, 0.15) is 27.2 Å². The highest BCUT2D eigenvalue weighted by Gasteiger charge is 2.17. The van der Waals surface area contributed by atoms with Crippen LogP contribution in [0.2, 0.25) is 0 Å². The first-order chi connectivity index (χ1) is 13.6. The summed E-state index contributed by atoms with van der Waals surface area (Å²) in [4.78, 5) is 17.4. The van der Waals surface area contributed by atoms with Gasteiger partial charge in [0.25, 0.3) is 5.91 Å². The minimum Gasteiger partial charge on any atom is -0.451 e. The van der Waals surface area contributed by atoms with E-state index in [4.69, 9.17) is 4.42 Å². The summed E-state index contributed by atoms with van der Waals surface area (Å²) in [6, 6.07) is 16.2. The zero-order valence-electron chi connectivity index (χ0n) is 16.6. The molecular formula is C23H27N3O2. The van der Waals surface area contributed by atoms with Crippen LogP contribution in [0, 0.1) is 6.92 Å². The largest absolute Gasteiger partial charge is 0.451 e. The van der Waals surface area contributed by atoms with Crippen LogP contribution in [0.15, 0.2) is 52.9 Å². The van der Waals surface area contributed by atoms with Gasteiger partial charge in [-0.2, -0.15) is 0 Å². The number of fused-ring (bicyclic) bond motifs is 1. The van der Waals surface area contributed by atoms with E-state index >= 15 is 0 Å². The SMILES string of the molecule is Cc1c(C(=O)NCc2ccc(CN3CCN(C)CC3)cc2)oc2ccccc12. The summed E-state index contributed by atoms with van der Waals surface area (Å²) in [5.41, 5.74) is 4.03. The fourth-order valence-electron chi connectivity index (χ4n) is 3.68. The van der Waals surface area contributed by atoms with Gasteiger partial charge in [-0.1, -0.05) is 42.5 Å². The average Bonchev–Trinajstić information content (AvgIpc) is 3.06. The molecule has 28 heavy (non-hydrogen) atoms. The Kier molecular flexibility index (Phi) is 5.46. The molecule has 0 bridgehead atoms. The zero-order chi connectivity index (χ0) is 19.5. The molecule has 1 fully saturated rings. The van der Waals surface area contributed by atoms with Crippen molar-refractivity contribution in [2.24, 2.45) is 0 Å². The van der Waals surface area contributed by atoms with Crippen molar-refractivity contribution in [2.45, 2.75) is 20.0 Å². The quantitative estimate of drug-likeness (QED) is 0.740. The summed E-state index contributed by atoms with van der Waals surface area (Å²) < 4.78 is 5.74. The van der Waals surface area contributed by atoms with Crippen LogP contribution in [0.5, 0.6) is 0 Å². The van der Waals surface area contributed by atoms with Gasteiger partial charge in [0.05, 0.1) is 0 Å². The molecule has 3 aromatic rings. The molecule has 0 spiro atoms. The van der Waals surface area contributed by atoms with E-state index in [0.717, 1.165) is 54.8 Å². The summed E-state index contributed by atoms with van der Waals surface area (Å²) in [6.07, 6.45) is 0. The van der Waals surface area contributed by atoms with Gasteiger partial charge in [0.2, 0.25) is 0 Å². The van der Waals surface area contributed by atoms with E-state index in [1.54, 1.807) is 0 Å². The van der Waals surface area contributed by atoms with E-state index in [9.17, 15) is 4.79 Å². The molecule has 5 nitrogen and oxygen atoms in total. The number of para-hydroxylation sites is 1. The lowest BCUT2D eigenvalue weighted by Crippen LogP contribution is -2.43. The Labute approximate surface area is 165 Å². The molecule has 0 atom stereocenters. The van der Waals surface area contributed by atoms with Crippen molar-refractivity contribution in [1.82, 2.24) is 15.1 Å². The van der Waals surface area contributed by atoms with Crippen molar-refractivity contribution >= 4 is 16.9 Å². The molecule has 0 saturated carbocycles. The molecule has 1 aromatic heterocycles. The Hall–Kier alpha value is -2.63. The first kappa shape index (κ1) is 18.7.